The molecule has 142 valence electrons. The van der Waals surface area contributed by atoms with Gasteiger partial charge in [0.05, 0.1) is 0 Å². The van der Waals surface area contributed by atoms with Crippen molar-refractivity contribution in [1.29, 1.82) is 0 Å². The van der Waals surface area contributed by atoms with E-state index in [1.165, 1.54) is 0 Å². The first-order chi connectivity index (χ1) is 11.3. The van der Waals surface area contributed by atoms with Crippen LogP contribution in [0.15, 0.2) is 0 Å². The standard InChI is InChI=1S/C15H29F3N4O2/c1-21(11-5-7-19-13-23)9-3-4-10-22(2)12-6-8-20-14(24)15(16,17)18/h13H,3-12H2,1-2H3,(H,19,23)(H,20,24). The van der Waals surface area contributed by atoms with Crippen LogP contribution in [0.2, 0.25) is 0 Å². The molecule has 0 spiro atoms. The maximum Gasteiger partial charge on any atom is 0.471 e. The first-order valence-corrected chi connectivity index (χ1v) is 8.16. The molecular formula is C15H29F3N4O2. The third-order valence-corrected chi connectivity index (χ3v) is 3.53. The van der Waals surface area contributed by atoms with Crippen LogP contribution >= 0.6 is 0 Å². The van der Waals surface area contributed by atoms with Crippen LogP contribution in [0.4, 0.5) is 13.2 Å². The van der Waals surface area contributed by atoms with E-state index in [2.05, 4.69) is 10.2 Å². The van der Waals surface area contributed by atoms with Crippen molar-refractivity contribution < 1.29 is 22.8 Å². The van der Waals surface area contributed by atoms with E-state index in [0.717, 1.165) is 38.9 Å². The van der Waals surface area contributed by atoms with Crippen LogP contribution in [0.25, 0.3) is 0 Å². The van der Waals surface area contributed by atoms with Crippen molar-refractivity contribution in [2.24, 2.45) is 0 Å². The zero-order valence-electron chi connectivity index (χ0n) is 14.5. The summed E-state index contributed by atoms with van der Waals surface area (Å²) in [6.45, 7) is 4.12. The Balaban J connectivity index is 3.51. The molecule has 24 heavy (non-hydrogen) atoms. The Morgan fingerprint density at radius 3 is 1.83 bits per heavy atom. The predicted octanol–water partition coefficient (Wildman–Crippen LogP) is 0.835. The van der Waals surface area contributed by atoms with Crippen molar-refractivity contribution in [2.75, 3.05) is 53.4 Å². The highest BCUT2D eigenvalue weighted by Gasteiger charge is 2.38. The maximum atomic E-state index is 12.0. The van der Waals surface area contributed by atoms with Crippen LogP contribution in [-0.2, 0) is 9.59 Å². The minimum absolute atomic E-state index is 0.0280. The molecule has 0 aliphatic rings. The molecule has 0 atom stereocenters. The van der Waals surface area contributed by atoms with Crippen LogP contribution in [0.5, 0.6) is 0 Å². The van der Waals surface area contributed by atoms with Crippen LogP contribution < -0.4 is 10.6 Å². The third-order valence-electron chi connectivity index (χ3n) is 3.53. The lowest BCUT2D eigenvalue weighted by Gasteiger charge is -2.19. The lowest BCUT2D eigenvalue weighted by molar-refractivity contribution is -0.173. The monoisotopic (exact) mass is 354 g/mol. The number of carbonyl (C=O) groups is 2. The fourth-order valence-electron chi connectivity index (χ4n) is 2.15. The first-order valence-electron chi connectivity index (χ1n) is 8.16. The summed E-state index contributed by atoms with van der Waals surface area (Å²) in [6, 6.07) is 0. The smallest absolute Gasteiger partial charge is 0.359 e. The third kappa shape index (κ3) is 13.1. The highest BCUT2D eigenvalue weighted by Crippen LogP contribution is 2.13. The van der Waals surface area contributed by atoms with Gasteiger partial charge in [0.1, 0.15) is 0 Å². The average Bonchev–Trinajstić information content (AvgIpc) is 2.51. The Morgan fingerprint density at radius 2 is 1.38 bits per heavy atom. The van der Waals surface area contributed by atoms with Gasteiger partial charge in [0, 0.05) is 13.1 Å². The SMILES string of the molecule is CN(CCCCN(C)CCCNC(=O)C(F)(F)F)CCCNC=O. The molecule has 0 aliphatic carbocycles. The van der Waals surface area contributed by atoms with E-state index in [1.807, 2.05) is 24.3 Å². The van der Waals surface area contributed by atoms with Gasteiger partial charge in [-0.3, -0.25) is 9.59 Å². The maximum absolute atomic E-state index is 12.0. The molecule has 0 fully saturated rings. The number of unbranched alkanes of at least 4 members (excludes halogenated alkanes) is 1. The Kier molecular flexibility index (Phi) is 12.3. The molecule has 0 aromatic heterocycles. The lowest BCUT2D eigenvalue weighted by atomic mass is 10.2. The van der Waals surface area contributed by atoms with Crippen molar-refractivity contribution in [1.82, 2.24) is 20.4 Å². The van der Waals surface area contributed by atoms with Crippen LogP contribution in [0.3, 0.4) is 0 Å². The molecular weight excluding hydrogens is 325 g/mol. The van der Waals surface area contributed by atoms with Gasteiger partial charge in [0.2, 0.25) is 6.41 Å². The number of hydrogen-bond acceptors (Lipinski definition) is 4. The number of rotatable bonds is 14. The number of carbonyl (C=O) groups excluding carboxylic acids is 2. The molecule has 0 unspecified atom stereocenters. The van der Waals surface area contributed by atoms with Gasteiger partial charge in [-0.15, -0.1) is 0 Å². The second-order valence-electron chi connectivity index (χ2n) is 5.85. The zero-order chi connectivity index (χ0) is 18.4. The molecule has 6 nitrogen and oxygen atoms in total. The van der Waals surface area contributed by atoms with Crippen LogP contribution in [-0.4, -0.2) is 81.7 Å². The van der Waals surface area contributed by atoms with Crippen molar-refractivity contribution >= 4 is 12.3 Å². The van der Waals surface area contributed by atoms with Gasteiger partial charge < -0.3 is 20.4 Å². The fourth-order valence-corrected chi connectivity index (χ4v) is 2.15. The minimum Gasteiger partial charge on any atom is -0.359 e. The van der Waals surface area contributed by atoms with Gasteiger partial charge >= 0.3 is 12.1 Å². The number of hydrogen-bond donors (Lipinski definition) is 2. The Hall–Kier alpha value is -1.35. The normalized spacial score (nSPS) is 11.8. The quantitative estimate of drug-likeness (QED) is 0.358. The summed E-state index contributed by atoms with van der Waals surface area (Å²) in [4.78, 5) is 25.0. The second kappa shape index (κ2) is 13.0. The van der Waals surface area contributed by atoms with Gasteiger partial charge in [-0.1, -0.05) is 0 Å². The number of amides is 2. The van der Waals surface area contributed by atoms with Gasteiger partial charge in [-0.2, -0.15) is 13.2 Å². The van der Waals surface area contributed by atoms with Crippen LogP contribution in [0.1, 0.15) is 25.7 Å². The minimum atomic E-state index is -4.80. The number of alkyl halides is 3. The Bertz CT molecular complexity index is 354. The molecule has 0 heterocycles. The Morgan fingerprint density at radius 1 is 0.917 bits per heavy atom. The van der Waals surface area contributed by atoms with Crippen molar-refractivity contribution in [3.63, 3.8) is 0 Å². The number of halogens is 3. The second-order valence-corrected chi connectivity index (χ2v) is 5.85. The highest BCUT2D eigenvalue weighted by atomic mass is 19.4. The van der Waals surface area contributed by atoms with Crippen LogP contribution in [0, 0.1) is 0 Å². The largest absolute Gasteiger partial charge is 0.471 e. The molecule has 0 aliphatic heterocycles. The van der Waals surface area contributed by atoms with E-state index in [1.54, 1.807) is 0 Å². The van der Waals surface area contributed by atoms with E-state index >= 15 is 0 Å². The van der Waals surface area contributed by atoms with Crippen molar-refractivity contribution in [3.05, 3.63) is 0 Å². The molecule has 0 aromatic carbocycles. The lowest BCUT2D eigenvalue weighted by Crippen LogP contribution is -2.38. The number of nitrogens with zero attached hydrogens (tertiary/aromatic N) is 2. The highest BCUT2D eigenvalue weighted by molar-refractivity contribution is 5.81. The molecule has 2 N–H and O–H groups in total. The van der Waals surface area contributed by atoms with Gasteiger partial charge in [0.15, 0.2) is 0 Å². The van der Waals surface area contributed by atoms with Gasteiger partial charge in [-0.25, -0.2) is 0 Å². The predicted molar refractivity (Wildman–Crippen MR) is 86.6 cm³/mol. The molecule has 9 heteroatoms. The summed E-state index contributed by atoms with van der Waals surface area (Å²) < 4.78 is 35.9. The van der Waals surface area contributed by atoms with Gasteiger partial charge in [-0.05, 0) is 66.0 Å². The van der Waals surface area contributed by atoms with E-state index in [0.29, 0.717) is 25.9 Å². The summed E-state index contributed by atoms with van der Waals surface area (Å²) in [6.07, 6.45) is -0.665. The van der Waals surface area contributed by atoms with E-state index in [4.69, 9.17) is 0 Å². The Labute approximate surface area is 141 Å². The summed E-state index contributed by atoms with van der Waals surface area (Å²) in [7, 11) is 3.95. The van der Waals surface area contributed by atoms with E-state index in [9.17, 15) is 22.8 Å². The average molecular weight is 354 g/mol. The summed E-state index contributed by atoms with van der Waals surface area (Å²) in [5.74, 6) is -1.88. The molecule has 0 saturated carbocycles. The molecule has 0 radical (unpaired) electrons. The molecule has 2 amide bonds. The molecule has 0 bridgehead atoms. The first kappa shape index (κ1) is 22.6. The summed E-state index contributed by atoms with van der Waals surface area (Å²) in [5, 5.41) is 4.49. The fraction of sp³-hybridized carbons (Fsp3) is 0.867. The molecule has 0 rings (SSSR count). The topological polar surface area (TPSA) is 64.7 Å². The molecule has 0 saturated heterocycles. The zero-order valence-corrected chi connectivity index (χ0v) is 14.5. The van der Waals surface area contributed by atoms with Crippen molar-refractivity contribution in [3.8, 4) is 0 Å². The summed E-state index contributed by atoms with van der Waals surface area (Å²) >= 11 is 0. The van der Waals surface area contributed by atoms with Gasteiger partial charge in [0.25, 0.3) is 0 Å². The molecule has 0 aromatic rings. The van der Waals surface area contributed by atoms with E-state index in [-0.39, 0.29) is 6.54 Å². The summed E-state index contributed by atoms with van der Waals surface area (Å²) in [5.41, 5.74) is 0. The van der Waals surface area contributed by atoms with Crippen molar-refractivity contribution in [2.45, 2.75) is 31.9 Å². The van der Waals surface area contributed by atoms with E-state index < -0.39 is 12.1 Å². The number of nitrogens with one attached hydrogen (secondary N) is 2.